The van der Waals surface area contributed by atoms with Crippen molar-refractivity contribution in [1.29, 1.82) is 0 Å². The standard InChI is InChI=1S/C14H8Cl3F3O/c1-21-11-4-2-3-8(14(18,19)20)12(11)7-5-9(15)13(17)10(16)6-7/h2-6H,1H3. The van der Waals surface area contributed by atoms with Crippen molar-refractivity contribution in [1.82, 2.24) is 0 Å². The van der Waals surface area contributed by atoms with E-state index >= 15 is 0 Å². The average Bonchev–Trinajstić information content (AvgIpc) is 2.42. The number of hydrogen-bond acceptors (Lipinski definition) is 1. The fraction of sp³-hybridized carbons (Fsp3) is 0.143. The number of benzene rings is 2. The first kappa shape index (κ1) is 16.3. The fourth-order valence-corrected chi connectivity index (χ4v) is 2.53. The van der Waals surface area contributed by atoms with E-state index in [4.69, 9.17) is 39.5 Å². The summed E-state index contributed by atoms with van der Waals surface area (Å²) in [4.78, 5) is 0. The Morgan fingerprint density at radius 1 is 1.00 bits per heavy atom. The molecule has 0 unspecified atom stereocenters. The van der Waals surface area contributed by atoms with E-state index in [1.807, 2.05) is 0 Å². The third kappa shape index (κ3) is 3.23. The molecule has 0 heterocycles. The Morgan fingerprint density at radius 3 is 2.05 bits per heavy atom. The summed E-state index contributed by atoms with van der Waals surface area (Å²) in [5.74, 6) is 0.0688. The normalized spacial score (nSPS) is 11.6. The minimum atomic E-state index is -4.54. The molecule has 0 bridgehead atoms. The van der Waals surface area contributed by atoms with Gasteiger partial charge in [0.1, 0.15) is 5.75 Å². The molecule has 0 fully saturated rings. The van der Waals surface area contributed by atoms with Gasteiger partial charge in [0.2, 0.25) is 0 Å². The minimum Gasteiger partial charge on any atom is -0.496 e. The molecule has 0 saturated heterocycles. The zero-order valence-electron chi connectivity index (χ0n) is 10.6. The summed E-state index contributed by atoms with van der Waals surface area (Å²) in [6.07, 6.45) is -4.54. The molecule has 2 aromatic rings. The summed E-state index contributed by atoms with van der Waals surface area (Å²) in [6.45, 7) is 0. The van der Waals surface area contributed by atoms with E-state index in [9.17, 15) is 13.2 Å². The zero-order valence-corrected chi connectivity index (χ0v) is 12.8. The molecule has 2 rings (SSSR count). The van der Waals surface area contributed by atoms with Crippen LogP contribution in [0.2, 0.25) is 15.1 Å². The van der Waals surface area contributed by atoms with Crippen LogP contribution < -0.4 is 4.74 Å². The molecular weight excluding hydrogens is 348 g/mol. The summed E-state index contributed by atoms with van der Waals surface area (Å²) < 4.78 is 44.6. The predicted octanol–water partition coefficient (Wildman–Crippen LogP) is 6.34. The highest BCUT2D eigenvalue weighted by Crippen LogP contribution is 2.44. The van der Waals surface area contributed by atoms with Crippen molar-refractivity contribution < 1.29 is 17.9 Å². The van der Waals surface area contributed by atoms with E-state index in [1.165, 1.54) is 31.4 Å². The van der Waals surface area contributed by atoms with Gasteiger partial charge in [-0.15, -0.1) is 0 Å². The van der Waals surface area contributed by atoms with Crippen molar-refractivity contribution >= 4 is 34.8 Å². The second-order valence-electron chi connectivity index (χ2n) is 4.13. The Bertz CT molecular complexity index is 661. The molecule has 0 N–H and O–H groups in total. The Morgan fingerprint density at radius 2 is 1.57 bits per heavy atom. The molecule has 0 saturated carbocycles. The smallest absolute Gasteiger partial charge is 0.417 e. The van der Waals surface area contributed by atoms with E-state index in [0.29, 0.717) is 0 Å². The van der Waals surface area contributed by atoms with Crippen LogP contribution in [0, 0.1) is 0 Å². The number of alkyl halides is 3. The van der Waals surface area contributed by atoms with Crippen molar-refractivity contribution in [3.63, 3.8) is 0 Å². The van der Waals surface area contributed by atoms with Crippen molar-refractivity contribution in [3.05, 3.63) is 51.0 Å². The van der Waals surface area contributed by atoms with Gasteiger partial charge in [0, 0.05) is 5.56 Å². The van der Waals surface area contributed by atoms with E-state index in [2.05, 4.69) is 0 Å². The van der Waals surface area contributed by atoms with Crippen LogP contribution in [0.25, 0.3) is 11.1 Å². The van der Waals surface area contributed by atoms with Gasteiger partial charge in [-0.1, -0.05) is 40.9 Å². The molecule has 0 aromatic heterocycles. The van der Waals surface area contributed by atoms with Crippen LogP contribution in [0.15, 0.2) is 30.3 Å². The first-order valence-electron chi connectivity index (χ1n) is 5.64. The maximum atomic E-state index is 13.2. The highest BCUT2D eigenvalue weighted by atomic mass is 35.5. The zero-order chi connectivity index (χ0) is 15.8. The predicted molar refractivity (Wildman–Crippen MR) is 78.5 cm³/mol. The highest BCUT2D eigenvalue weighted by molar-refractivity contribution is 6.48. The van der Waals surface area contributed by atoms with Crippen molar-refractivity contribution in [2.24, 2.45) is 0 Å². The van der Waals surface area contributed by atoms with Gasteiger partial charge in [-0.2, -0.15) is 13.2 Å². The molecule has 21 heavy (non-hydrogen) atoms. The van der Waals surface area contributed by atoms with Crippen LogP contribution in [0.5, 0.6) is 5.75 Å². The van der Waals surface area contributed by atoms with E-state index < -0.39 is 11.7 Å². The third-order valence-electron chi connectivity index (χ3n) is 2.82. The largest absolute Gasteiger partial charge is 0.496 e. The van der Waals surface area contributed by atoms with Gasteiger partial charge in [-0.05, 0) is 29.8 Å². The van der Waals surface area contributed by atoms with Crippen LogP contribution in [-0.4, -0.2) is 7.11 Å². The maximum absolute atomic E-state index is 13.2. The topological polar surface area (TPSA) is 9.23 Å². The van der Waals surface area contributed by atoms with Crippen LogP contribution >= 0.6 is 34.8 Å². The summed E-state index contributed by atoms with van der Waals surface area (Å²) >= 11 is 17.6. The molecule has 0 atom stereocenters. The first-order valence-corrected chi connectivity index (χ1v) is 6.78. The SMILES string of the molecule is COc1cccc(C(F)(F)F)c1-c1cc(Cl)c(Cl)c(Cl)c1. The van der Waals surface area contributed by atoms with Gasteiger partial charge in [-0.25, -0.2) is 0 Å². The number of methoxy groups -OCH3 is 1. The van der Waals surface area contributed by atoms with Crippen LogP contribution in [-0.2, 0) is 6.18 Å². The van der Waals surface area contributed by atoms with Crippen LogP contribution in [0.1, 0.15) is 5.56 Å². The molecule has 1 nitrogen and oxygen atoms in total. The molecule has 0 aliphatic carbocycles. The van der Waals surface area contributed by atoms with E-state index in [-0.39, 0.29) is 31.9 Å². The Labute approximate surface area is 134 Å². The van der Waals surface area contributed by atoms with Gasteiger partial charge in [0.15, 0.2) is 0 Å². The lowest BCUT2D eigenvalue weighted by atomic mass is 9.98. The van der Waals surface area contributed by atoms with Crippen molar-refractivity contribution in [3.8, 4) is 16.9 Å². The molecule has 0 aliphatic rings. The first-order chi connectivity index (χ1) is 9.75. The second kappa shape index (κ2) is 5.95. The monoisotopic (exact) mass is 354 g/mol. The molecule has 0 spiro atoms. The van der Waals surface area contributed by atoms with Crippen LogP contribution in [0.4, 0.5) is 13.2 Å². The quantitative estimate of drug-likeness (QED) is 0.571. The third-order valence-corrected chi connectivity index (χ3v) is 4.02. The molecule has 0 aliphatic heterocycles. The van der Waals surface area contributed by atoms with Gasteiger partial charge in [0.05, 0.1) is 27.7 Å². The lowest BCUT2D eigenvalue weighted by Gasteiger charge is -2.17. The molecule has 7 heteroatoms. The minimum absolute atomic E-state index is 0.0678. The highest BCUT2D eigenvalue weighted by Gasteiger charge is 2.35. The van der Waals surface area contributed by atoms with Crippen molar-refractivity contribution in [2.45, 2.75) is 6.18 Å². The number of ether oxygens (including phenoxy) is 1. The Balaban J connectivity index is 2.79. The molecule has 112 valence electrons. The van der Waals surface area contributed by atoms with Gasteiger partial charge in [0.25, 0.3) is 0 Å². The summed E-state index contributed by atoms with van der Waals surface area (Å²) in [6, 6.07) is 6.31. The van der Waals surface area contributed by atoms with Gasteiger partial charge < -0.3 is 4.74 Å². The summed E-state index contributed by atoms with van der Waals surface area (Å²) in [5.41, 5.74) is -0.788. The molecule has 0 amide bonds. The maximum Gasteiger partial charge on any atom is 0.417 e. The Hall–Kier alpha value is -1.10. The summed E-state index contributed by atoms with van der Waals surface area (Å²) in [7, 11) is 1.29. The second-order valence-corrected chi connectivity index (χ2v) is 5.33. The number of hydrogen-bond donors (Lipinski definition) is 0. The lowest BCUT2D eigenvalue weighted by molar-refractivity contribution is -0.137. The van der Waals surface area contributed by atoms with Crippen molar-refractivity contribution in [2.75, 3.05) is 7.11 Å². The van der Waals surface area contributed by atoms with Gasteiger partial charge in [-0.3, -0.25) is 0 Å². The van der Waals surface area contributed by atoms with Crippen LogP contribution in [0.3, 0.4) is 0 Å². The average molecular weight is 356 g/mol. The molecular formula is C14H8Cl3F3O. The number of rotatable bonds is 2. The van der Waals surface area contributed by atoms with Gasteiger partial charge >= 0.3 is 6.18 Å². The fourth-order valence-electron chi connectivity index (χ4n) is 1.94. The lowest BCUT2D eigenvalue weighted by Crippen LogP contribution is -2.08. The molecule has 2 aromatic carbocycles. The Kier molecular flexibility index (Phi) is 4.61. The molecule has 0 radical (unpaired) electrons. The van der Waals surface area contributed by atoms with E-state index in [1.54, 1.807) is 0 Å². The number of halogens is 6. The summed E-state index contributed by atoms with van der Waals surface area (Å²) in [5, 5.41) is 0.224. The van der Waals surface area contributed by atoms with E-state index in [0.717, 1.165) is 6.07 Å².